The molecule has 5 heteroatoms. The van der Waals surface area contributed by atoms with Crippen molar-refractivity contribution >= 4 is 17.2 Å². The SMILES string of the molecule is Cn1ccnc1C1CCN(C(=O)CCCc2cccs2)CC1. The molecule has 22 heavy (non-hydrogen) atoms. The number of aryl methyl sites for hydroxylation is 2. The van der Waals surface area contributed by atoms with Gasteiger partial charge in [-0.1, -0.05) is 6.07 Å². The number of hydrogen-bond acceptors (Lipinski definition) is 3. The van der Waals surface area contributed by atoms with Gasteiger partial charge in [0.2, 0.25) is 5.91 Å². The zero-order valence-corrected chi connectivity index (χ0v) is 13.9. The number of piperidine rings is 1. The number of hydrogen-bond donors (Lipinski definition) is 0. The van der Waals surface area contributed by atoms with Crippen molar-refractivity contribution in [2.75, 3.05) is 13.1 Å². The van der Waals surface area contributed by atoms with Crippen LogP contribution in [0, 0.1) is 0 Å². The van der Waals surface area contributed by atoms with Gasteiger partial charge in [0, 0.05) is 49.7 Å². The number of aromatic nitrogens is 2. The van der Waals surface area contributed by atoms with E-state index in [4.69, 9.17) is 0 Å². The molecule has 0 radical (unpaired) electrons. The average molecular weight is 317 g/mol. The molecule has 118 valence electrons. The third-order valence-electron chi connectivity index (χ3n) is 4.47. The second-order valence-electron chi connectivity index (χ2n) is 5.98. The van der Waals surface area contributed by atoms with Gasteiger partial charge in [-0.2, -0.15) is 0 Å². The van der Waals surface area contributed by atoms with Crippen LogP contribution in [0.25, 0.3) is 0 Å². The van der Waals surface area contributed by atoms with Gasteiger partial charge in [0.25, 0.3) is 0 Å². The average Bonchev–Trinajstić information content (AvgIpc) is 3.19. The Kier molecular flexibility index (Phi) is 4.93. The van der Waals surface area contributed by atoms with Crippen molar-refractivity contribution in [2.45, 2.75) is 38.0 Å². The Labute approximate surface area is 135 Å². The predicted molar refractivity (Wildman–Crippen MR) is 89.0 cm³/mol. The van der Waals surface area contributed by atoms with Crippen LogP contribution >= 0.6 is 11.3 Å². The number of thiophene rings is 1. The van der Waals surface area contributed by atoms with Gasteiger partial charge in [0.05, 0.1) is 0 Å². The van der Waals surface area contributed by atoms with Gasteiger partial charge < -0.3 is 9.47 Å². The highest BCUT2D eigenvalue weighted by molar-refractivity contribution is 7.09. The number of nitrogens with zero attached hydrogens (tertiary/aromatic N) is 3. The smallest absolute Gasteiger partial charge is 0.222 e. The van der Waals surface area contributed by atoms with Crippen molar-refractivity contribution in [3.63, 3.8) is 0 Å². The number of carbonyl (C=O) groups excluding carboxylic acids is 1. The molecule has 3 heterocycles. The minimum Gasteiger partial charge on any atom is -0.343 e. The first-order valence-electron chi connectivity index (χ1n) is 8.01. The maximum Gasteiger partial charge on any atom is 0.222 e. The van der Waals surface area contributed by atoms with Crippen molar-refractivity contribution < 1.29 is 4.79 Å². The Morgan fingerprint density at radius 3 is 2.86 bits per heavy atom. The molecule has 0 N–H and O–H groups in total. The number of rotatable bonds is 5. The third kappa shape index (κ3) is 3.58. The fourth-order valence-corrected chi connectivity index (χ4v) is 3.94. The Balaban J connectivity index is 1.43. The molecule has 2 aromatic rings. The number of likely N-dealkylation sites (tertiary alicyclic amines) is 1. The highest BCUT2D eigenvalue weighted by atomic mass is 32.1. The Bertz CT molecular complexity index is 597. The molecule has 0 saturated carbocycles. The number of amides is 1. The van der Waals surface area contributed by atoms with Crippen LogP contribution in [0.3, 0.4) is 0 Å². The van der Waals surface area contributed by atoms with Gasteiger partial charge in [-0.05, 0) is 37.1 Å². The van der Waals surface area contributed by atoms with Crippen molar-refractivity contribution in [1.82, 2.24) is 14.5 Å². The first-order chi connectivity index (χ1) is 10.7. The fourth-order valence-electron chi connectivity index (χ4n) is 3.18. The molecule has 1 amide bonds. The summed E-state index contributed by atoms with van der Waals surface area (Å²) in [4.78, 5) is 20.2. The summed E-state index contributed by atoms with van der Waals surface area (Å²) < 4.78 is 2.10. The first-order valence-corrected chi connectivity index (χ1v) is 8.89. The summed E-state index contributed by atoms with van der Waals surface area (Å²) in [7, 11) is 2.05. The summed E-state index contributed by atoms with van der Waals surface area (Å²) in [5.41, 5.74) is 0. The summed E-state index contributed by atoms with van der Waals surface area (Å²) >= 11 is 1.78. The van der Waals surface area contributed by atoms with Crippen LogP contribution in [0.15, 0.2) is 29.9 Å². The second kappa shape index (κ2) is 7.09. The first kappa shape index (κ1) is 15.3. The van der Waals surface area contributed by atoms with Crippen molar-refractivity contribution in [1.29, 1.82) is 0 Å². The lowest BCUT2D eigenvalue weighted by molar-refractivity contribution is -0.132. The fraction of sp³-hybridized carbons (Fsp3) is 0.529. The lowest BCUT2D eigenvalue weighted by Crippen LogP contribution is -2.38. The molecule has 0 unspecified atom stereocenters. The molecule has 0 bridgehead atoms. The highest BCUT2D eigenvalue weighted by Gasteiger charge is 2.25. The van der Waals surface area contributed by atoms with Crippen LogP contribution in [0.4, 0.5) is 0 Å². The molecule has 4 nitrogen and oxygen atoms in total. The van der Waals surface area contributed by atoms with Crippen LogP contribution < -0.4 is 0 Å². The molecular weight excluding hydrogens is 294 g/mol. The topological polar surface area (TPSA) is 38.1 Å². The minimum atomic E-state index is 0.315. The zero-order valence-electron chi connectivity index (χ0n) is 13.1. The molecule has 0 aliphatic carbocycles. The number of imidazole rings is 1. The molecule has 1 aliphatic rings. The van der Waals surface area contributed by atoms with E-state index in [1.807, 2.05) is 24.3 Å². The van der Waals surface area contributed by atoms with E-state index in [9.17, 15) is 4.79 Å². The lowest BCUT2D eigenvalue weighted by Gasteiger charge is -2.31. The highest BCUT2D eigenvalue weighted by Crippen LogP contribution is 2.26. The van der Waals surface area contributed by atoms with E-state index < -0.39 is 0 Å². The molecule has 0 aromatic carbocycles. The maximum atomic E-state index is 12.3. The Hall–Kier alpha value is -1.62. The van der Waals surface area contributed by atoms with Gasteiger partial charge in [-0.3, -0.25) is 4.79 Å². The van der Waals surface area contributed by atoms with Gasteiger partial charge in [0.1, 0.15) is 5.82 Å². The molecule has 3 rings (SSSR count). The van der Waals surface area contributed by atoms with Crippen LogP contribution in [-0.2, 0) is 18.3 Å². The minimum absolute atomic E-state index is 0.315. The molecule has 1 fully saturated rings. The van der Waals surface area contributed by atoms with Crippen LogP contribution in [0.2, 0.25) is 0 Å². The van der Waals surface area contributed by atoms with Crippen molar-refractivity contribution in [3.05, 3.63) is 40.6 Å². The summed E-state index contributed by atoms with van der Waals surface area (Å²) in [6.45, 7) is 1.74. The van der Waals surface area contributed by atoms with Crippen LogP contribution in [-0.4, -0.2) is 33.4 Å². The zero-order chi connectivity index (χ0) is 15.4. The van der Waals surface area contributed by atoms with E-state index in [-0.39, 0.29) is 0 Å². The summed E-state index contributed by atoms with van der Waals surface area (Å²) in [6, 6.07) is 4.22. The van der Waals surface area contributed by atoms with E-state index in [0.717, 1.165) is 44.6 Å². The van der Waals surface area contributed by atoms with Crippen molar-refractivity contribution in [3.8, 4) is 0 Å². The normalized spacial score (nSPS) is 16.1. The monoisotopic (exact) mass is 317 g/mol. The second-order valence-corrected chi connectivity index (χ2v) is 7.02. The predicted octanol–water partition coefficient (Wildman–Crippen LogP) is 3.21. The molecule has 1 saturated heterocycles. The van der Waals surface area contributed by atoms with Crippen LogP contribution in [0.1, 0.15) is 42.3 Å². The maximum absolute atomic E-state index is 12.3. The molecule has 2 aromatic heterocycles. The van der Waals surface area contributed by atoms with Gasteiger partial charge in [-0.15, -0.1) is 11.3 Å². The van der Waals surface area contributed by atoms with Crippen LogP contribution in [0.5, 0.6) is 0 Å². The molecule has 0 spiro atoms. The molecule has 1 aliphatic heterocycles. The van der Waals surface area contributed by atoms with E-state index in [0.29, 0.717) is 18.2 Å². The third-order valence-corrected chi connectivity index (χ3v) is 5.40. The van der Waals surface area contributed by atoms with E-state index >= 15 is 0 Å². The van der Waals surface area contributed by atoms with Gasteiger partial charge in [-0.25, -0.2) is 4.98 Å². The van der Waals surface area contributed by atoms with E-state index in [2.05, 4.69) is 27.1 Å². The van der Waals surface area contributed by atoms with E-state index in [1.165, 1.54) is 4.88 Å². The van der Waals surface area contributed by atoms with Gasteiger partial charge >= 0.3 is 0 Å². The van der Waals surface area contributed by atoms with Gasteiger partial charge in [0.15, 0.2) is 0 Å². The number of carbonyl (C=O) groups is 1. The Morgan fingerprint density at radius 1 is 1.41 bits per heavy atom. The molecular formula is C17H23N3OS. The van der Waals surface area contributed by atoms with Crippen molar-refractivity contribution in [2.24, 2.45) is 7.05 Å². The quantitative estimate of drug-likeness (QED) is 0.849. The lowest BCUT2D eigenvalue weighted by atomic mass is 9.95. The molecule has 0 atom stereocenters. The van der Waals surface area contributed by atoms with E-state index in [1.54, 1.807) is 11.3 Å². The largest absolute Gasteiger partial charge is 0.343 e. The standard InChI is InChI=1S/C17H23N3OS/c1-19-12-9-18-17(19)14-7-10-20(11-8-14)16(21)6-2-4-15-5-3-13-22-15/h3,5,9,12-14H,2,4,6-8,10-11H2,1H3. The summed E-state index contributed by atoms with van der Waals surface area (Å²) in [5, 5.41) is 2.10. The Morgan fingerprint density at radius 2 is 2.23 bits per heavy atom. The summed E-state index contributed by atoms with van der Waals surface area (Å²) in [6.07, 6.45) is 8.56. The summed E-state index contributed by atoms with van der Waals surface area (Å²) in [5.74, 6) is 1.97.